The van der Waals surface area contributed by atoms with Crippen LogP contribution in [0.5, 0.6) is 0 Å². The summed E-state index contributed by atoms with van der Waals surface area (Å²) in [6.45, 7) is 2.10. The van der Waals surface area contributed by atoms with E-state index in [1.165, 1.54) is 17.2 Å². The Kier molecular flexibility index (Phi) is 4.76. The predicted octanol–water partition coefficient (Wildman–Crippen LogP) is 4.21. The maximum absolute atomic E-state index is 13.0. The lowest BCUT2D eigenvalue weighted by molar-refractivity contribution is 0.708. The lowest BCUT2D eigenvalue weighted by Gasteiger charge is -2.10. The van der Waals surface area contributed by atoms with Crippen LogP contribution in [-0.2, 0) is 20.5 Å². The Labute approximate surface area is 192 Å². The van der Waals surface area contributed by atoms with Gasteiger partial charge >= 0.3 is 5.69 Å². The molecule has 5 aromatic rings. The second kappa shape index (κ2) is 7.39. The normalized spacial score (nSPS) is 11.7. The van der Waals surface area contributed by atoms with Gasteiger partial charge in [-0.05, 0) is 30.2 Å². The zero-order valence-electron chi connectivity index (χ0n) is 17.6. The molecule has 162 valence electrons. The SMILES string of the molecule is CCc1ccc(-c2cn3c4c(=O)n(C)c(=O)n(C)c4nc3n2-c2ccc(Cl)c(Cl)c2)cc1. The summed E-state index contributed by atoms with van der Waals surface area (Å²) < 4.78 is 6.09. The quantitative estimate of drug-likeness (QED) is 0.399. The minimum atomic E-state index is -0.431. The molecule has 9 heteroatoms. The van der Waals surface area contributed by atoms with Crippen LogP contribution in [0.1, 0.15) is 12.5 Å². The van der Waals surface area contributed by atoms with Gasteiger partial charge in [0.1, 0.15) is 0 Å². The van der Waals surface area contributed by atoms with Crippen molar-refractivity contribution in [3.05, 3.63) is 85.1 Å². The van der Waals surface area contributed by atoms with Crippen molar-refractivity contribution in [2.45, 2.75) is 13.3 Å². The van der Waals surface area contributed by atoms with Crippen LogP contribution in [0.25, 0.3) is 33.9 Å². The highest BCUT2D eigenvalue weighted by atomic mass is 35.5. The highest BCUT2D eigenvalue weighted by Gasteiger charge is 2.22. The molecule has 32 heavy (non-hydrogen) atoms. The van der Waals surface area contributed by atoms with E-state index < -0.39 is 11.2 Å². The molecular weight excluding hydrogens is 449 g/mol. The smallest absolute Gasteiger partial charge is 0.279 e. The molecule has 0 fully saturated rings. The number of benzene rings is 2. The Hall–Kier alpha value is -3.29. The molecule has 3 heterocycles. The van der Waals surface area contributed by atoms with Crippen LogP contribution >= 0.6 is 23.2 Å². The van der Waals surface area contributed by atoms with Crippen molar-refractivity contribution in [1.82, 2.24) is 23.1 Å². The monoisotopic (exact) mass is 467 g/mol. The molecule has 0 radical (unpaired) electrons. The van der Waals surface area contributed by atoms with Crippen LogP contribution in [0.4, 0.5) is 0 Å². The van der Waals surface area contributed by atoms with Gasteiger partial charge in [-0.2, -0.15) is 4.98 Å². The van der Waals surface area contributed by atoms with Gasteiger partial charge in [-0.1, -0.05) is 54.4 Å². The first-order valence-electron chi connectivity index (χ1n) is 10.1. The van der Waals surface area contributed by atoms with Crippen molar-refractivity contribution in [2.24, 2.45) is 14.1 Å². The maximum atomic E-state index is 13.0. The fourth-order valence-electron chi connectivity index (χ4n) is 3.96. The molecule has 0 N–H and O–H groups in total. The highest BCUT2D eigenvalue weighted by Crippen LogP contribution is 2.32. The standard InChI is InChI=1S/C23H19Cl2N5O2/c1-4-13-5-7-14(8-6-13)18-12-29-19-20(27(2)23(32)28(3)21(19)31)26-22(29)30(18)15-9-10-16(24)17(25)11-15/h5-12H,4H2,1-3H3. The molecule has 0 atom stereocenters. The number of fused-ring (bicyclic) bond motifs is 3. The van der Waals surface area contributed by atoms with E-state index >= 15 is 0 Å². The number of halogens is 2. The number of aromatic nitrogens is 5. The van der Waals surface area contributed by atoms with Gasteiger partial charge < -0.3 is 0 Å². The van der Waals surface area contributed by atoms with E-state index in [1.807, 2.05) is 29.0 Å². The molecular formula is C23H19Cl2N5O2. The molecule has 0 aliphatic heterocycles. The summed E-state index contributed by atoms with van der Waals surface area (Å²) in [5.74, 6) is 0.492. The second-order valence-corrected chi connectivity index (χ2v) is 8.47. The molecule has 0 saturated heterocycles. The molecule has 0 spiro atoms. The van der Waals surface area contributed by atoms with Gasteiger partial charge in [-0.3, -0.25) is 22.9 Å². The van der Waals surface area contributed by atoms with Crippen molar-refractivity contribution < 1.29 is 0 Å². The average Bonchev–Trinajstić information content (AvgIpc) is 3.34. The van der Waals surface area contributed by atoms with E-state index in [-0.39, 0.29) is 0 Å². The summed E-state index contributed by atoms with van der Waals surface area (Å²) in [6.07, 6.45) is 2.80. The summed E-state index contributed by atoms with van der Waals surface area (Å²) in [7, 11) is 3.06. The topological polar surface area (TPSA) is 66.2 Å². The molecule has 0 aliphatic carbocycles. The number of aryl methyl sites for hydroxylation is 2. The lowest BCUT2D eigenvalue weighted by Crippen LogP contribution is -2.37. The number of rotatable bonds is 3. The molecule has 0 bridgehead atoms. The first-order chi connectivity index (χ1) is 15.3. The van der Waals surface area contributed by atoms with Gasteiger partial charge in [0, 0.05) is 25.9 Å². The molecule has 2 aromatic carbocycles. The number of hydrogen-bond acceptors (Lipinski definition) is 3. The first-order valence-corrected chi connectivity index (χ1v) is 10.8. The Morgan fingerprint density at radius 1 is 0.938 bits per heavy atom. The molecule has 0 aliphatic rings. The van der Waals surface area contributed by atoms with Crippen LogP contribution in [0.15, 0.2) is 58.3 Å². The third-order valence-electron chi connectivity index (χ3n) is 5.78. The van der Waals surface area contributed by atoms with Crippen LogP contribution < -0.4 is 11.2 Å². The number of imidazole rings is 2. The largest absolute Gasteiger partial charge is 0.332 e. The molecule has 0 saturated carbocycles. The van der Waals surface area contributed by atoms with E-state index in [9.17, 15) is 9.59 Å². The third-order valence-corrected chi connectivity index (χ3v) is 6.52. The number of hydrogen-bond donors (Lipinski definition) is 0. The fraction of sp³-hybridized carbons (Fsp3) is 0.174. The summed E-state index contributed by atoms with van der Waals surface area (Å²) in [4.78, 5) is 30.1. The summed E-state index contributed by atoms with van der Waals surface area (Å²) in [6, 6.07) is 13.5. The zero-order valence-corrected chi connectivity index (χ0v) is 19.1. The highest BCUT2D eigenvalue weighted by molar-refractivity contribution is 6.42. The van der Waals surface area contributed by atoms with Crippen molar-refractivity contribution >= 4 is 40.1 Å². The van der Waals surface area contributed by atoms with Crippen LogP contribution in [0.3, 0.4) is 0 Å². The van der Waals surface area contributed by atoms with Gasteiger partial charge in [-0.25, -0.2) is 4.79 Å². The van der Waals surface area contributed by atoms with Crippen LogP contribution in [-0.4, -0.2) is 23.1 Å². The van der Waals surface area contributed by atoms with E-state index in [2.05, 4.69) is 24.0 Å². The molecule has 0 amide bonds. The third kappa shape index (κ3) is 2.92. The summed E-state index contributed by atoms with van der Waals surface area (Å²) >= 11 is 12.5. The maximum Gasteiger partial charge on any atom is 0.332 e. The van der Waals surface area contributed by atoms with Crippen molar-refractivity contribution in [2.75, 3.05) is 0 Å². The van der Waals surface area contributed by atoms with E-state index in [0.29, 0.717) is 27.0 Å². The van der Waals surface area contributed by atoms with E-state index in [0.717, 1.165) is 27.9 Å². The Balaban J connectivity index is 1.93. The Morgan fingerprint density at radius 2 is 1.66 bits per heavy atom. The predicted molar refractivity (Wildman–Crippen MR) is 127 cm³/mol. The van der Waals surface area contributed by atoms with E-state index in [1.54, 1.807) is 23.6 Å². The molecule has 0 unspecified atom stereocenters. The minimum absolute atomic E-state index is 0.315. The van der Waals surface area contributed by atoms with Crippen molar-refractivity contribution in [3.8, 4) is 16.9 Å². The van der Waals surface area contributed by atoms with Crippen LogP contribution in [0, 0.1) is 0 Å². The van der Waals surface area contributed by atoms with Gasteiger partial charge in [-0.15, -0.1) is 0 Å². The van der Waals surface area contributed by atoms with E-state index in [4.69, 9.17) is 23.2 Å². The van der Waals surface area contributed by atoms with Gasteiger partial charge in [0.15, 0.2) is 11.2 Å². The number of nitrogens with zero attached hydrogens (tertiary/aromatic N) is 5. The average molecular weight is 468 g/mol. The summed E-state index contributed by atoms with van der Waals surface area (Å²) in [5, 5.41) is 0.847. The minimum Gasteiger partial charge on any atom is -0.279 e. The fourth-order valence-corrected chi connectivity index (χ4v) is 4.26. The van der Waals surface area contributed by atoms with Crippen molar-refractivity contribution in [3.63, 3.8) is 0 Å². The van der Waals surface area contributed by atoms with Gasteiger partial charge in [0.05, 0.1) is 21.4 Å². The zero-order chi connectivity index (χ0) is 22.7. The van der Waals surface area contributed by atoms with Crippen LogP contribution in [0.2, 0.25) is 10.0 Å². The second-order valence-electron chi connectivity index (χ2n) is 7.66. The van der Waals surface area contributed by atoms with Crippen molar-refractivity contribution in [1.29, 1.82) is 0 Å². The van der Waals surface area contributed by atoms with Gasteiger partial charge in [0.25, 0.3) is 5.56 Å². The molecule has 5 rings (SSSR count). The molecule has 3 aromatic heterocycles. The van der Waals surface area contributed by atoms with Gasteiger partial charge in [0.2, 0.25) is 5.78 Å². The lowest BCUT2D eigenvalue weighted by atomic mass is 10.1. The first kappa shape index (κ1) is 20.6. The Bertz CT molecular complexity index is 1640. The summed E-state index contributed by atoms with van der Waals surface area (Å²) in [5.41, 5.74) is 3.54. The molecule has 7 nitrogen and oxygen atoms in total. The Morgan fingerprint density at radius 3 is 2.31 bits per heavy atom.